The van der Waals surface area contributed by atoms with Crippen LogP contribution in [0, 0.1) is 0 Å². The minimum Gasteiger partial charge on any atom is -0.478 e. The number of primary amides is 1. The van der Waals surface area contributed by atoms with Crippen LogP contribution in [0.15, 0.2) is 12.4 Å². The molecule has 0 aliphatic rings. The number of carboxylic acids is 1. The molecule has 0 aliphatic heterocycles. The minimum atomic E-state index is -1.28. The minimum absolute atomic E-state index is 0.00356. The van der Waals surface area contributed by atoms with E-state index in [1.165, 1.54) is 35.9 Å². The number of carbonyl (C=O) groups is 3. The summed E-state index contributed by atoms with van der Waals surface area (Å²) in [5, 5.41) is 19.0. The van der Waals surface area contributed by atoms with Crippen LogP contribution in [0.2, 0.25) is 0 Å². The fraction of sp³-hybridized carbons (Fsp3) is 0.182. The summed E-state index contributed by atoms with van der Waals surface area (Å²) >= 11 is 0. The van der Waals surface area contributed by atoms with Gasteiger partial charge in [0.05, 0.1) is 11.9 Å². The predicted molar refractivity (Wildman–Crippen MR) is 69.8 cm³/mol. The van der Waals surface area contributed by atoms with E-state index in [1.807, 2.05) is 0 Å². The van der Waals surface area contributed by atoms with E-state index >= 15 is 0 Å². The molecule has 0 aromatic carbocycles. The highest BCUT2D eigenvalue weighted by molar-refractivity contribution is 6.11. The molecule has 0 aliphatic carbocycles. The lowest BCUT2D eigenvalue weighted by molar-refractivity contribution is 0.0692. The van der Waals surface area contributed by atoms with Crippen LogP contribution in [0.3, 0.4) is 0 Å². The Morgan fingerprint density at radius 1 is 1.33 bits per heavy atom. The van der Waals surface area contributed by atoms with Gasteiger partial charge in [0.1, 0.15) is 11.3 Å². The Morgan fingerprint density at radius 3 is 2.57 bits per heavy atom. The Morgan fingerprint density at radius 2 is 2.00 bits per heavy atom. The van der Waals surface area contributed by atoms with Gasteiger partial charge in [-0.25, -0.2) is 4.79 Å². The van der Waals surface area contributed by atoms with Crippen LogP contribution in [0.25, 0.3) is 0 Å². The van der Waals surface area contributed by atoms with Crippen LogP contribution in [0.1, 0.15) is 31.3 Å². The average Bonchev–Trinajstić information content (AvgIpc) is 2.93. The summed E-state index contributed by atoms with van der Waals surface area (Å²) in [6, 6.07) is 0. The fourth-order valence-corrected chi connectivity index (χ4v) is 1.82. The number of anilines is 1. The summed E-state index contributed by atoms with van der Waals surface area (Å²) in [6.07, 6.45) is 2.44. The van der Waals surface area contributed by atoms with Crippen LogP contribution < -0.4 is 11.1 Å². The third kappa shape index (κ3) is 2.59. The number of aryl methyl sites for hydroxylation is 2. The lowest BCUT2D eigenvalue weighted by Crippen LogP contribution is -2.21. The average molecular weight is 292 g/mol. The van der Waals surface area contributed by atoms with Crippen molar-refractivity contribution in [3.63, 3.8) is 0 Å². The van der Waals surface area contributed by atoms with E-state index in [1.54, 1.807) is 0 Å². The second-order valence-electron chi connectivity index (χ2n) is 4.22. The van der Waals surface area contributed by atoms with Gasteiger partial charge in [-0.3, -0.25) is 19.0 Å². The van der Waals surface area contributed by atoms with Crippen molar-refractivity contribution in [1.29, 1.82) is 0 Å². The number of carbonyl (C=O) groups excluding carboxylic acids is 2. The molecule has 10 heteroatoms. The summed E-state index contributed by atoms with van der Waals surface area (Å²) in [7, 11) is 2.97. The van der Waals surface area contributed by atoms with E-state index < -0.39 is 17.8 Å². The second-order valence-corrected chi connectivity index (χ2v) is 4.22. The third-order valence-electron chi connectivity index (χ3n) is 2.69. The molecule has 0 saturated heterocycles. The van der Waals surface area contributed by atoms with E-state index in [4.69, 9.17) is 10.8 Å². The zero-order chi connectivity index (χ0) is 15.7. The number of aromatic carboxylic acids is 1. The Labute approximate surface area is 118 Å². The van der Waals surface area contributed by atoms with E-state index in [9.17, 15) is 14.4 Å². The maximum Gasteiger partial charge on any atom is 0.339 e. The van der Waals surface area contributed by atoms with Crippen LogP contribution in [-0.2, 0) is 14.1 Å². The second kappa shape index (κ2) is 5.07. The third-order valence-corrected chi connectivity index (χ3v) is 2.69. The summed E-state index contributed by atoms with van der Waals surface area (Å²) in [5.41, 5.74) is 4.74. The number of nitrogens with one attached hydrogen (secondary N) is 1. The smallest absolute Gasteiger partial charge is 0.339 e. The summed E-state index contributed by atoms with van der Waals surface area (Å²) in [6.45, 7) is 0. The van der Waals surface area contributed by atoms with Gasteiger partial charge in [-0.15, -0.1) is 0 Å². The van der Waals surface area contributed by atoms with Gasteiger partial charge in [0.15, 0.2) is 5.69 Å². The monoisotopic (exact) mass is 292 g/mol. The summed E-state index contributed by atoms with van der Waals surface area (Å²) < 4.78 is 2.41. The number of hydrogen-bond donors (Lipinski definition) is 3. The molecule has 4 N–H and O–H groups in total. The molecule has 2 aromatic rings. The van der Waals surface area contributed by atoms with Crippen molar-refractivity contribution >= 4 is 23.5 Å². The molecule has 2 amide bonds. The van der Waals surface area contributed by atoms with Gasteiger partial charge >= 0.3 is 5.97 Å². The SMILES string of the molecule is Cn1cc(C(=O)O)c(C(=O)Nc2cnn(C)c2C(N)=O)n1. The number of carboxylic acid groups (broad SMARTS) is 1. The van der Waals surface area contributed by atoms with Gasteiger partial charge in [-0.2, -0.15) is 10.2 Å². The fourth-order valence-electron chi connectivity index (χ4n) is 1.82. The number of rotatable bonds is 4. The Hall–Kier alpha value is -3.17. The molecular formula is C11H12N6O4. The molecule has 0 unspecified atom stereocenters. The highest BCUT2D eigenvalue weighted by Gasteiger charge is 2.23. The molecule has 0 fully saturated rings. The van der Waals surface area contributed by atoms with Crippen molar-refractivity contribution in [2.45, 2.75) is 0 Å². The van der Waals surface area contributed by atoms with E-state index in [-0.39, 0.29) is 22.6 Å². The normalized spacial score (nSPS) is 10.4. The van der Waals surface area contributed by atoms with E-state index in [0.29, 0.717) is 0 Å². The number of nitrogens with two attached hydrogens (primary N) is 1. The van der Waals surface area contributed by atoms with E-state index in [0.717, 1.165) is 0 Å². The van der Waals surface area contributed by atoms with Crippen LogP contribution in [-0.4, -0.2) is 42.5 Å². The van der Waals surface area contributed by atoms with Gasteiger partial charge < -0.3 is 16.2 Å². The number of aromatic nitrogens is 4. The van der Waals surface area contributed by atoms with Crippen molar-refractivity contribution < 1.29 is 19.5 Å². The first-order valence-electron chi connectivity index (χ1n) is 5.71. The zero-order valence-electron chi connectivity index (χ0n) is 11.2. The zero-order valence-corrected chi connectivity index (χ0v) is 11.2. The molecule has 0 atom stereocenters. The highest BCUT2D eigenvalue weighted by atomic mass is 16.4. The Bertz CT molecular complexity index is 744. The number of hydrogen-bond acceptors (Lipinski definition) is 5. The van der Waals surface area contributed by atoms with Crippen LogP contribution >= 0.6 is 0 Å². The molecule has 2 aromatic heterocycles. The Balaban J connectivity index is 2.35. The Kier molecular flexibility index (Phi) is 3.44. The molecule has 0 spiro atoms. The molecular weight excluding hydrogens is 280 g/mol. The molecule has 10 nitrogen and oxygen atoms in total. The molecule has 21 heavy (non-hydrogen) atoms. The first-order valence-corrected chi connectivity index (χ1v) is 5.71. The lowest BCUT2D eigenvalue weighted by Gasteiger charge is -2.04. The van der Waals surface area contributed by atoms with Crippen molar-refractivity contribution in [2.24, 2.45) is 19.8 Å². The van der Waals surface area contributed by atoms with Crippen molar-refractivity contribution in [3.05, 3.63) is 29.3 Å². The standard InChI is InChI=1S/C11H12N6O4/c1-16-4-5(11(20)21)7(15-16)10(19)14-6-3-13-17(2)8(6)9(12)18/h3-4H,1-2H3,(H2,12,18)(H,14,19)(H,20,21). The van der Waals surface area contributed by atoms with Gasteiger partial charge in [-0.1, -0.05) is 0 Å². The van der Waals surface area contributed by atoms with Gasteiger partial charge in [0.2, 0.25) is 0 Å². The highest BCUT2D eigenvalue weighted by Crippen LogP contribution is 2.15. The molecule has 2 heterocycles. The largest absolute Gasteiger partial charge is 0.478 e. The van der Waals surface area contributed by atoms with E-state index in [2.05, 4.69) is 15.5 Å². The number of amides is 2. The van der Waals surface area contributed by atoms with Crippen molar-refractivity contribution in [2.75, 3.05) is 5.32 Å². The van der Waals surface area contributed by atoms with Gasteiger partial charge in [0, 0.05) is 20.3 Å². The lowest BCUT2D eigenvalue weighted by atomic mass is 10.2. The van der Waals surface area contributed by atoms with Crippen LogP contribution in [0.5, 0.6) is 0 Å². The topological polar surface area (TPSA) is 145 Å². The first kappa shape index (κ1) is 14.2. The van der Waals surface area contributed by atoms with Gasteiger partial charge in [0.25, 0.3) is 11.8 Å². The summed E-state index contributed by atoms with van der Waals surface area (Å²) in [4.78, 5) is 34.4. The van der Waals surface area contributed by atoms with Crippen molar-refractivity contribution in [3.8, 4) is 0 Å². The molecule has 0 bridgehead atoms. The molecule has 2 rings (SSSR count). The van der Waals surface area contributed by atoms with Crippen molar-refractivity contribution in [1.82, 2.24) is 19.6 Å². The van der Waals surface area contributed by atoms with Gasteiger partial charge in [-0.05, 0) is 0 Å². The maximum absolute atomic E-state index is 12.1. The predicted octanol–water partition coefficient (Wildman–Crippen LogP) is -0.797. The van der Waals surface area contributed by atoms with Crippen LogP contribution in [0.4, 0.5) is 5.69 Å². The molecule has 110 valence electrons. The first-order chi connectivity index (χ1) is 9.81. The summed E-state index contributed by atoms with van der Waals surface area (Å²) in [5.74, 6) is -2.83. The maximum atomic E-state index is 12.1. The number of nitrogens with zero attached hydrogens (tertiary/aromatic N) is 4. The molecule has 0 saturated carbocycles. The molecule has 0 radical (unpaired) electrons. The quantitative estimate of drug-likeness (QED) is 0.672.